The lowest BCUT2D eigenvalue weighted by Gasteiger charge is -2.09. The minimum Gasteiger partial charge on any atom is -0.354 e. The van der Waals surface area contributed by atoms with Crippen molar-refractivity contribution in [1.29, 1.82) is 0 Å². The summed E-state index contributed by atoms with van der Waals surface area (Å²) in [7, 11) is 0. The second-order valence-electron chi connectivity index (χ2n) is 4.25. The zero-order chi connectivity index (χ0) is 14.5. The summed E-state index contributed by atoms with van der Waals surface area (Å²) in [5.74, 6) is 1.44. The Labute approximate surface area is 122 Å². The van der Waals surface area contributed by atoms with Crippen molar-refractivity contribution in [2.75, 3.05) is 17.2 Å². The van der Waals surface area contributed by atoms with Gasteiger partial charge in [0, 0.05) is 24.6 Å². The van der Waals surface area contributed by atoms with Crippen LogP contribution in [0.15, 0.2) is 48.8 Å². The van der Waals surface area contributed by atoms with Gasteiger partial charge in [0.2, 0.25) is 11.9 Å². The fraction of sp³-hybridized carbons (Fsp3) is 0.143. The minimum atomic E-state index is 0.462. The van der Waals surface area contributed by atoms with Gasteiger partial charge in [-0.15, -0.1) is 0 Å². The van der Waals surface area contributed by atoms with Crippen LogP contribution in [0.4, 0.5) is 17.6 Å². The average Bonchev–Trinajstić information content (AvgIpc) is 3.03. The molecule has 0 amide bonds. The first-order valence-electron chi connectivity index (χ1n) is 6.67. The maximum absolute atomic E-state index is 4.38. The van der Waals surface area contributed by atoms with Crippen molar-refractivity contribution in [2.45, 2.75) is 6.92 Å². The lowest BCUT2D eigenvalue weighted by molar-refractivity contribution is 0.798. The summed E-state index contributed by atoms with van der Waals surface area (Å²) < 4.78 is 1.60. The highest BCUT2D eigenvalue weighted by Crippen LogP contribution is 2.14. The van der Waals surface area contributed by atoms with Crippen LogP contribution >= 0.6 is 0 Å². The van der Waals surface area contributed by atoms with Crippen LogP contribution in [-0.2, 0) is 0 Å². The number of para-hydroxylation sites is 1. The molecule has 0 aliphatic heterocycles. The van der Waals surface area contributed by atoms with Gasteiger partial charge in [0.05, 0.1) is 0 Å². The van der Waals surface area contributed by atoms with Crippen LogP contribution in [0, 0.1) is 0 Å². The average molecular weight is 281 g/mol. The Hall–Kier alpha value is -2.96. The molecule has 2 heterocycles. The Morgan fingerprint density at radius 3 is 2.52 bits per heavy atom. The molecule has 21 heavy (non-hydrogen) atoms. The summed E-state index contributed by atoms with van der Waals surface area (Å²) in [4.78, 5) is 13.1. The van der Waals surface area contributed by atoms with Gasteiger partial charge in [-0.2, -0.15) is 20.1 Å². The fourth-order valence-electron chi connectivity index (χ4n) is 1.80. The first-order valence-corrected chi connectivity index (χ1v) is 6.67. The lowest BCUT2D eigenvalue weighted by Crippen LogP contribution is -2.11. The monoisotopic (exact) mass is 281 g/mol. The molecule has 3 aromatic rings. The second kappa shape index (κ2) is 6.00. The van der Waals surface area contributed by atoms with E-state index in [0.717, 1.165) is 12.2 Å². The molecule has 0 unspecified atom stereocenters. The number of benzene rings is 1. The molecular formula is C14H15N7. The lowest BCUT2D eigenvalue weighted by atomic mass is 10.3. The van der Waals surface area contributed by atoms with Crippen molar-refractivity contribution in [1.82, 2.24) is 24.7 Å². The van der Waals surface area contributed by atoms with E-state index < -0.39 is 0 Å². The number of rotatable bonds is 5. The van der Waals surface area contributed by atoms with Crippen LogP contribution in [0.5, 0.6) is 0 Å². The molecule has 0 spiro atoms. The third kappa shape index (κ3) is 3.14. The molecule has 7 heteroatoms. The van der Waals surface area contributed by atoms with Crippen LogP contribution in [0.1, 0.15) is 6.92 Å². The first kappa shape index (κ1) is 13.0. The van der Waals surface area contributed by atoms with Gasteiger partial charge in [0.1, 0.15) is 0 Å². The van der Waals surface area contributed by atoms with E-state index in [2.05, 4.69) is 30.7 Å². The van der Waals surface area contributed by atoms with Crippen molar-refractivity contribution in [3.05, 3.63) is 48.8 Å². The molecule has 1 aromatic carbocycles. The standard InChI is InChI=1S/C14H15N7/c1-2-15-12-18-13(17-11-7-4-3-5-8-11)20-14(19-12)21-10-6-9-16-21/h3-10H,2H2,1H3,(H2,15,17,18,19,20). The molecular weight excluding hydrogens is 266 g/mol. The molecule has 3 rings (SSSR count). The smallest absolute Gasteiger partial charge is 0.257 e. The molecule has 0 fully saturated rings. The molecule has 0 bridgehead atoms. The van der Waals surface area contributed by atoms with Crippen LogP contribution in [-0.4, -0.2) is 31.3 Å². The molecule has 2 aromatic heterocycles. The van der Waals surface area contributed by atoms with Crippen molar-refractivity contribution in [3.8, 4) is 5.95 Å². The van der Waals surface area contributed by atoms with E-state index in [9.17, 15) is 0 Å². The Morgan fingerprint density at radius 2 is 1.81 bits per heavy atom. The van der Waals surface area contributed by atoms with Gasteiger partial charge in [-0.1, -0.05) is 18.2 Å². The van der Waals surface area contributed by atoms with E-state index in [-0.39, 0.29) is 0 Å². The summed E-state index contributed by atoms with van der Waals surface area (Å²) in [6, 6.07) is 11.6. The number of aromatic nitrogens is 5. The molecule has 0 aliphatic rings. The van der Waals surface area contributed by atoms with Crippen molar-refractivity contribution in [2.24, 2.45) is 0 Å². The van der Waals surface area contributed by atoms with E-state index in [1.807, 2.05) is 43.3 Å². The number of hydrogen-bond acceptors (Lipinski definition) is 6. The van der Waals surface area contributed by atoms with Gasteiger partial charge in [0.15, 0.2) is 0 Å². The zero-order valence-corrected chi connectivity index (χ0v) is 11.6. The third-order valence-electron chi connectivity index (χ3n) is 2.70. The topological polar surface area (TPSA) is 80.5 Å². The summed E-state index contributed by atoms with van der Waals surface area (Å²) in [6.07, 6.45) is 3.47. The third-order valence-corrected chi connectivity index (χ3v) is 2.70. The van der Waals surface area contributed by atoms with Crippen LogP contribution in [0.25, 0.3) is 5.95 Å². The number of nitrogens with zero attached hydrogens (tertiary/aromatic N) is 5. The molecule has 0 radical (unpaired) electrons. The van der Waals surface area contributed by atoms with Gasteiger partial charge in [-0.05, 0) is 25.1 Å². The normalized spacial score (nSPS) is 10.3. The second-order valence-corrected chi connectivity index (χ2v) is 4.25. The highest BCUT2D eigenvalue weighted by atomic mass is 15.4. The van der Waals surface area contributed by atoms with Gasteiger partial charge in [0.25, 0.3) is 5.95 Å². The van der Waals surface area contributed by atoms with Crippen LogP contribution in [0.2, 0.25) is 0 Å². The molecule has 0 atom stereocenters. The van der Waals surface area contributed by atoms with E-state index in [4.69, 9.17) is 0 Å². The summed E-state index contributed by atoms with van der Waals surface area (Å²) in [5, 5.41) is 10.4. The predicted molar refractivity (Wildman–Crippen MR) is 80.8 cm³/mol. The Bertz CT molecular complexity index is 695. The Morgan fingerprint density at radius 1 is 1.00 bits per heavy atom. The van der Waals surface area contributed by atoms with E-state index in [1.165, 1.54) is 0 Å². The van der Waals surface area contributed by atoms with Gasteiger partial charge >= 0.3 is 0 Å². The van der Waals surface area contributed by atoms with Crippen LogP contribution in [0.3, 0.4) is 0 Å². The Balaban J connectivity index is 1.95. The predicted octanol–water partition coefficient (Wildman–Crippen LogP) is 2.23. The first-order chi connectivity index (χ1) is 10.3. The SMILES string of the molecule is CCNc1nc(Nc2ccccc2)nc(-n2cccn2)n1. The molecule has 7 nitrogen and oxygen atoms in total. The molecule has 0 aliphatic carbocycles. The number of nitrogens with one attached hydrogen (secondary N) is 2. The van der Waals surface area contributed by atoms with Gasteiger partial charge in [-0.25, -0.2) is 4.68 Å². The number of anilines is 3. The molecule has 0 saturated heterocycles. The molecule has 0 saturated carbocycles. The van der Waals surface area contributed by atoms with E-state index >= 15 is 0 Å². The maximum Gasteiger partial charge on any atom is 0.257 e. The minimum absolute atomic E-state index is 0.462. The fourth-order valence-corrected chi connectivity index (χ4v) is 1.80. The zero-order valence-electron chi connectivity index (χ0n) is 11.6. The molecule has 106 valence electrons. The number of hydrogen-bond donors (Lipinski definition) is 2. The van der Waals surface area contributed by atoms with Gasteiger partial charge < -0.3 is 10.6 Å². The van der Waals surface area contributed by atoms with E-state index in [0.29, 0.717) is 17.8 Å². The van der Waals surface area contributed by atoms with Crippen molar-refractivity contribution in [3.63, 3.8) is 0 Å². The highest BCUT2D eigenvalue weighted by Gasteiger charge is 2.08. The summed E-state index contributed by atoms with van der Waals surface area (Å²) >= 11 is 0. The quantitative estimate of drug-likeness (QED) is 0.746. The van der Waals surface area contributed by atoms with Gasteiger partial charge in [-0.3, -0.25) is 0 Å². The largest absolute Gasteiger partial charge is 0.354 e. The van der Waals surface area contributed by atoms with Crippen molar-refractivity contribution >= 4 is 17.6 Å². The van der Waals surface area contributed by atoms with E-state index in [1.54, 1.807) is 17.1 Å². The summed E-state index contributed by atoms with van der Waals surface area (Å²) in [5.41, 5.74) is 0.914. The Kier molecular flexibility index (Phi) is 3.72. The summed E-state index contributed by atoms with van der Waals surface area (Å²) in [6.45, 7) is 2.72. The highest BCUT2D eigenvalue weighted by molar-refractivity contribution is 5.54. The van der Waals surface area contributed by atoms with Crippen LogP contribution < -0.4 is 10.6 Å². The maximum atomic E-state index is 4.38. The molecule has 2 N–H and O–H groups in total. The van der Waals surface area contributed by atoms with Crippen molar-refractivity contribution < 1.29 is 0 Å².